The Labute approximate surface area is 119 Å². The van der Waals surface area contributed by atoms with Crippen LogP contribution in [0.15, 0.2) is 0 Å². The Morgan fingerprint density at radius 2 is 1.85 bits per heavy atom. The smallest absolute Gasteiger partial charge is 0.329 e. The van der Waals surface area contributed by atoms with Crippen molar-refractivity contribution in [1.29, 1.82) is 0 Å². The van der Waals surface area contributed by atoms with Crippen molar-refractivity contribution in [3.05, 3.63) is 0 Å². The van der Waals surface area contributed by atoms with Gasteiger partial charge in [0.05, 0.1) is 18.8 Å². The van der Waals surface area contributed by atoms with E-state index in [1.807, 2.05) is 13.8 Å². The molecule has 2 fully saturated rings. The Kier molecular flexibility index (Phi) is 4.22. The van der Waals surface area contributed by atoms with Crippen molar-refractivity contribution in [1.82, 2.24) is 10.2 Å². The molecule has 2 N–H and O–H groups in total. The number of amides is 2. The van der Waals surface area contributed by atoms with Crippen LogP contribution in [-0.2, 0) is 9.53 Å². The number of rotatable bonds is 2. The summed E-state index contributed by atoms with van der Waals surface area (Å²) in [5.74, 6) is -0.918. The lowest BCUT2D eigenvalue weighted by molar-refractivity contribution is -0.146. The van der Waals surface area contributed by atoms with Gasteiger partial charge in [0.25, 0.3) is 0 Å². The van der Waals surface area contributed by atoms with Gasteiger partial charge in [-0.1, -0.05) is 19.3 Å². The molecule has 1 heterocycles. The number of morpholine rings is 1. The Balaban J connectivity index is 2.03. The highest BCUT2D eigenvalue weighted by molar-refractivity contribution is 5.86. The first-order valence-corrected chi connectivity index (χ1v) is 7.29. The largest absolute Gasteiger partial charge is 0.480 e. The molecule has 1 aliphatic heterocycles. The first-order valence-electron chi connectivity index (χ1n) is 7.29. The van der Waals surface area contributed by atoms with Gasteiger partial charge >= 0.3 is 12.0 Å². The molecule has 0 aromatic rings. The predicted octanol–water partition coefficient (Wildman–Crippen LogP) is 1.59. The molecule has 2 rings (SSSR count). The molecule has 114 valence electrons. The number of nitrogens with zero attached hydrogens (tertiary/aromatic N) is 1. The van der Waals surface area contributed by atoms with Crippen molar-refractivity contribution in [2.75, 3.05) is 19.7 Å². The number of carboxylic acids is 1. The van der Waals surface area contributed by atoms with Crippen LogP contribution in [0.3, 0.4) is 0 Å². The molecule has 0 bridgehead atoms. The summed E-state index contributed by atoms with van der Waals surface area (Å²) in [6.45, 7) is 5.33. The summed E-state index contributed by atoms with van der Waals surface area (Å²) in [6.07, 6.45) is 3.77. The molecule has 2 amide bonds. The zero-order chi connectivity index (χ0) is 14.8. The molecule has 0 spiro atoms. The average molecular weight is 284 g/mol. The molecule has 1 saturated heterocycles. The lowest BCUT2D eigenvalue weighted by Crippen LogP contribution is -2.61. The highest BCUT2D eigenvalue weighted by atomic mass is 16.5. The van der Waals surface area contributed by atoms with Crippen LogP contribution in [0.5, 0.6) is 0 Å². The molecular weight excluding hydrogens is 260 g/mol. The van der Waals surface area contributed by atoms with Crippen LogP contribution in [-0.4, -0.2) is 52.8 Å². The highest BCUT2D eigenvalue weighted by Gasteiger charge is 2.42. The number of carboxylic acid groups (broad SMARTS) is 1. The van der Waals surface area contributed by atoms with Crippen molar-refractivity contribution < 1.29 is 19.4 Å². The van der Waals surface area contributed by atoms with Gasteiger partial charge in [0.2, 0.25) is 0 Å². The van der Waals surface area contributed by atoms with E-state index in [2.05, 4.69) is 5.32 Å². The minimum absolute atomic E-state index is 0.286. The minimum atomic E-state index is -1.09. The summed E-state index contributed by atoms with van der Waals surface area (Å²) in [6, 6.07) is -0.286. The summed E-state index contributed by atoms with van der Waals surface area (Å²) < 4.78 is 5.57. The SMILES string of the molecule is CC1(C)CN(C(=O)NC2(C(=O)O)CCCCC2)CCO1. The minimum Gasteiger partial charge on any atom is -0.480 e. The van der Waals surface area contributed by atoms with E-state index in [1.54, 1.807) is 4.90 Å². The number of nitrogens with one attached hydrogen (secondary N) is 1. The maximum Gasteiger partial charge on any atom is 0.329 e. The van der Waals surface area contributed by atoms with Crippen molar-refractivity contribution >= 4 is 12.0 Å². The van der Waals surface area contributed by atoms with Gasteiger partial charge in [-0.25, -0.2) is 9.59 Å². The third kappa shape index (κ3) is 3.23. The summed E-state index contributed by atoms with van der Waals surface area (Å²) in [5, 5.41) is 12.3. The fourth-order valence-corrected chi connectivity index (χ4v) is 3.02. The molecule has 0 aromatic carbocycles. The molecule has 2 aliphatic rings. The zero-order valence-electron chi connectivity index (χ0n) is 12.3. The summed E-state index contributed by atoms with van der Waals surface area (Å²) in [4.78, 5) is 25.6. The van der Waals surface area contributed by atoms with Crippen molar-refractivity contribution in [2.24, 2.45) is 0 Å². The van der Waals surface area contributed by atoms with Crippen molar-refractivity contribution in [3.8, 4) is 0 Å². The fourth-order valence-electron chi connectivity index (χ4n) is 3.02. The summed E-state index contributed by atoms with van der Waals surface area (Å²) >= 11 is 0. The number of aliphatic carboxylic acids is 1. The van der Waals surface area contributed by atoms with Gasteiger partial charge in [0.15, 0.2) is 0 Å². The van der Waals surface area contributed by atoms with Crippen molar-refractivity contribution in [2.45, 2.75) is 57.1 Å². The van der Waals surface area contributed by atoms with Crippen LogP contribution in [0.1, 0.15) is 46.0 Å². The first kappa shape index (κ1) is 15.1. The van der Waals surface area contributed by atoms with E-state index in [0.717, 1.165) is 19.3 Å². The van der Waals surface area contributed by atoms with E-state index in [0.29, 0.717) is 32.5 Å². The van der Waals surface area contributed by atoms with E-state index in [-0.39, 0.29) is 11.6 Å². The number of urea groups is 1. The summed E-state index contributed by atoms with van der Waals surface area (Å²) in [7, 11) is 0. The van der Waals surface area contributed by atoms with Gasteiger partial charge in [0.1, 0.15) is 5.54 Å². The summed E-state index contributed by atoms with van der Waals surface area (Å²) in [5.41, 5.74) is -1.46. The molecule has 20 heavy (non-hydrogen) atoms. The Bertz CT molecular complexity index is 389. The highest BCUT2D eigenvalue weighted by Crippen LogP contribution is 2.29. The van der Waals surface area contributed by atoms with E-state index >= 15 is 0 Å². The second-order valence-electron chi connectivity index (χ2n) is 6.41. The Hall–Kier alpha value is -1.30. The van der Waals surface area contributed by atoms with E-state index < -0.39 is 11.5 Å². The molecular formula is C14H24N2O4. The zero-order valence-corrected chi connectivity index (χ0v) is 12.3. The van der Waals surface area contributed by atoms with Gasteiger partial charge in [-0.3, -0.25) is 0 Å². The second-order valence-corrected chi connectivity index (χ2v) is 6.41. The normalized spacial score (nSPS) is 25.0. The Morgan fingerprint density at radius 3 is 2.40 bits per heavy atom. The number of carbonyl (C=O) groups excluding carboxylic acids is 1. The topological polar surface area (TPSA) is 78.9 Å². The van der Waals surface area contributed by atoms with E-state index in [9.17, 15) is 14.7 Å². The predicted molar refractivity (Wildman–Crippen MR) is 73.6 cm³/mol. The molecule has 0 aromatic heterocycles. The fraction of sp³-hybridized carbons (Fsp3) is 0.857. The third-order valence-corrected chi connectivity index (χ3v) is 4.18. The Morgan fingerprint density at radius 1 is 1.20 bits per heavy atom. The number of ether oxygens (including phenoxy) is 1. The average Bonchev–Trinajstić information content (AvgIpc) is 2.38. The molecule has 6 nitrogen and oxygen atoms in total. The molecule has 0 atom stereocenters. The van der Waals surface area contributed by atoms with Gasteiger partial charge in [-0.05, 0) is 26.7 Å². The van der Waals surface area contributed by atoms with Crippen molar-refractivity contribution in [3.63, 3.8) is 0 Å². The lowest BCUT2D eigenvalue weighted by Gasteiger charge is -2.41. The van der Waals surface area contributed by atoms with Crippen LogP contribution in [0.4, 0.5) is 4.79 Å². The number of hydrogen-bond donors (Lipinski definition) is 2. The van der Waals surface area contributed by atoms with Gasteiger partial charge in [0, 0.05) is 6.54 Å². The molecule has 1 aliphatic carbocycles. The van der Waals surface area contributed by atoms with Gasteiger partial charge in [-0.2, -0.15) is 0 Å². The molecule has 6 heteroatoms. The molecule has 0 radical (unpaired) electrons. The van der Waals surface area contributed by atoms with Gasteiger partial charge in [-0.15, -0.1) is 0 Å². The first-order chi connectivity index (χ1) is 9.35. The molecule has 0 unspecified atom stereocenters. The number of carbonyl (C=O) groups is 2. The maximum atomic E-state index is 12.4. The van der Waals surface area contributed by atoms with Gasteiger partial charge < -0.3 is 20.1 Å². The van der Waals surface area contributed by atoms with Crippen LogP contribution in [0.2, 0.25) is 0 Å². The van der Waals surface area contributed by atoms with E-state index in [4.69, 9.17) is 4.74 Å². The van der Waals surface area contributed by atoms with E-state index in [1.165, 1.54) is 0 Å². The standard InChI is InChI=1S/C14H24N2O4/c1-13(2)10-16(8-9-20-13)12(19)15-14(11(17)18)6-4-3-5-7-14/h3-10H2,1-2H3,(H,15,19)(H,17,18). The molecule has 1 saturated carbocycles. The number of hydrogen-bond acceptors (Lipinski definition) is 3. The second kappa shape index (κ2) is 5.60. The van der Waals surface area contributed by atoms with Crippen LogP contribution in [0, 0.1) is 0 Å². The quantitative estimate of drug-likeness (QED) is 0.807. The van der Waals surface area contributed by atoms with Crippen LogP contribution >= 0.6 is 0 Å². The van der Waals surface area contributed by atoms with Crippen LogP contribution < -0.4 is 5.32 Å². The lowest BCUT2D eigenvalue weighted by atomic mass is 9.82. The maximum absolute atomic E-state index is 12.4. The van der Waals surface area contributed by atoms with Crippen LogP contribution in [0.25, 0.3) is 0 Å². The third-order valence-electron chi connectivity index (χ3n) is 4.18. The monoisotopic (exact) mass is 284 g/mol.